The molecule has 0 fully saturated rings. The van der Waals surface area contributed by atoms with Crippen molar-refractivity contribution >= 4 is 5.97 Å². The number of benzene rings is 1. The summed E-state index contributed by atoms with van der Waals surface area (Å²) in [5, 5.41) is 18.5. The van der Waals surface area contributed by atoms with Crippen LogP contribution in [0.4, 0.5) is 0 Å². The Balaban J connectivity index is 2.44. The van der Waals surface area contributed by atoms with Gasteiger partial charge in [-0.3, -0.25) is 4.79 Å². The molecule has 4 heteroatoms. The van der Waals surface area contributed by atoms with E-state index < -0.39 is 24.1 Å². The molecule has 1 aromatic rings. The van der Waals surface area contributed by atoms with E-state index in [0.717, 1.165) is 5.56 Å². The van der Waals surface area contributed by atoms with Crippen LogP contribution in [0.2, 0.25) is 0 Å². The summed E-state index contributed by atoms with van der Waals surface area (Å²) in [6, 6.07) is 9.55. The second-order valence-electron chi connectivity index (χ2n) is 4.12. The number of aliphatic hydroxyl groups excluding tert-OH is 1. The van der Waals surface area contributed by atoms with Crippen molar-refractivity contribution in [2.24, 2.45) is 5.92 Å². The van der Waals surface area contributed by atoms with Gasteiger partial charge in [-0.15, -0.1) is 0 Å². The molecule has 0 aromatic heterocycles. The van der Waals surface area contributed by atoms with E-state index in [-0.39, 0.29) is 0 Å². The van der Waals surface area contributed by atoms with Crippen molar-refractivity contribution in [1.29, 1.82) is 0 Å². The molecule has 0 spiro atoms. The van der Waals surface area contributed by atoms with Gasteiger partial charge in [-0.1, -0.05) is 30.3 Å². The predicted molar refractivity (Wildman–Crippen MR) is 63.5 cm³/mol. The quantitative estimate of drug-likeness (QED) is 0.791. The van der Waals surface area contributed by atoms with Crippen molar-refractivity contribution in [2.45, 2.75) is 32.7 Å². The lowest BCUT2D eigenvalue weighted by Gasteiger charge is -2.22. The third-order valence-electron chi connectivity index (χ3n) is 2.74. The summed E-state index contributed by atoms with van der Waals surface area (Å²) in [6.07, 6.45) is -1.52. The Bertz CT molecular complexity index is 350. The first-order chi connectivity index (χ1) is 8.02. The molecule has 2 N–H and O–H groups in total. The minimum Gasteiger partial charge on any atom is -0.481 e. The molecule has 0 bridgehead atoms. The zero-order chi connectivity index (χ0) is 12.8. The van der Waals surface area contributed by atoms with Gasteiger partial charge in [0.15, 0.2) is 0 Å². The summed E-state index contributed by atoms with van der Waals surface area (Å²) >= 11 is 0. The zero-order valence-electron chi connectivity index (χ0n) is 10.0. The molecule has 1 rings (SSSR count). The zero-order valence-corrected chi connectivity index (χ0v) is 10.0. The van der Waals surface area contributed by atoms with Gasteiger partial charge in [-0.2, -0.15) is 0 Å². The van der Waals surface area contributed by atoms with E-state index in [2.05, 4.69) is 0 Å². The summed E-state index contributed by atoms with van der Waals surface area (Å²) in [6.45, 7) is 3.51. The van der Waals surface area contributed by atoms with Crippen LogP contribution in [0.3, 0.4) is 0 Å². The van der Waals surface area contributed by atoms with E-state index in [1.807, 2.05) is 30.3 Å². The molecule has 1 aromatic carbocycles. The maximum absolute atomic E-state index is 10.7. The van der Waals surface area contributed by atoms with Crippen LogP contribution in [0.25, 0.3) is 0 Å². The fourth-order valence-corrected chi connectivity index (χ4v) is 1.45. The first kappa shape index (κ1) is 13.7. The van der Waals surface area contributed by atoms with Crippen molar-refractivity contribution in [3.63, 3.8) is 0 Å². The summed E-state index contributed by atoms with van der Waals surface area (Å²) in [5.74, 6) is -1.85. The SMILES string of the molecule is C[C@H](OCc1ccccc1)[C@@H](O)[C@H](C)C(=O)O. The highest BCUT2D eigenvalue weighted by molar-refractivity contribution is 5.70. The Morgan fingerprint density at radius 2 is 1.88 bits per heavy atom. The van der Waals surface area contributed by atoms with Gasteiger partial charge in [0.2, 0.25) is 0 Å². The van der Waals surface area contributed by atoms with E-state index in [0.29, 0.717) is 6.61 Å². The smallest absolute Gasteiger partial charge is 0.308 e. The van der Waals surface area contributed by atoms with Crippen LogP contribution >= 0.6 is 0 Å². The van der Waals surface area contributed by atoms with E-state index in [1.165, 1.54) is 6.92 Å². The average Bonchev–Trinajstić information content (AvgIpc) is 2.35. The Hall–Kier alpha value is -1.39. The molecular weight excluding hydrogens is 220 g/mol. The third kappa shape index (κ3) is 4.17. The maximum atomic E-state index is 10.7. The number of hydrogen-bond acceptors (Lipinski definition) is 3. The molecule has 0 amide bonds. The van der Waals surface area contributed by atoms with Gasteiger partial charge >= 0.3 is 5.97 Å². The Morgan fingerprint density at radius 3 is 2.41 bits per heavy atom. The normalized spacial score (nSPS) is 16.2. The monoisotopic (exact) mass is 238 g/mol. The van der Waals surface area contributed by atoms with Gasteiger partial charge in [0.25, 0.3) is 0 Å². The second kappa shape index (κ2) is 6.37. The first-order valence-electron chi connectivity index (χ1n) is 5.58. The van der Waals surface area contributed by atoms with Crippen molar-refractivity contribution in [3.8, 4) is 0 Å². The molecule has 3 atom stereocenters. The average molecular weight is 238 g/mol. The molecule has 0 unspecified atom stereocenters. The minimum atomic E-state index is -1.02. The molecule has 0 heterocycles. The van der Waals surface area contributed by atoms with Crippen LogP contribution < -0.4 is 0 Å². The van der Waals surface area contributed by atoms with E-state index >= 15 is 0 Å². The van der Waals surface area contributed by atoms with Crippen molar-refractivity contribution < 1.29 is 19.7 Å². The summed E-state index contributed by atoms with van der Waals surface area (Å²) < 4.78 is 5.45. The number of aliphatic carboxylic acids is 1. The number of carboxylic acids is 1. The van der Waals surface area contributed by atoms with E-state index in [9.17, 15) is 9.90 Å². The van der Waals surface area contributed by atoms with Crippen LogP contribution in [0.5, 0.6) is 0 Å². The molecule has 0 aliphatic rings. The number of carboxylic acid groups (broad SMARTS) is 1. The van der Waals surface area contributed by atoms with Crippen molar-refractivity contribution in [3.05, 3.63) is 35.9 Å². The van der Waals surface area contributed by atoms with Gasteiger partial charge in [-0.05, 0) is 19.4 Å². The van der Waals surface area contributed by atoms with Gasteiger partial charge < -0.3 is 14.9 Å². The molecule has 0 radical (unpaired) electrons. The lowest BCUT2D eigenvalue weighted by molar-refractivity contribution is -0.149. The van der Waals surface area contributed by atoms with Crippen LogP contribution in [-0.4, -0.2) is 28.4 Å². The Morgan fingerprint density at radius 1 is 1.29 bits per heavy atom. The number of carbonyl (C=O) groups is 1. The minimum absolute atomic E-state index is 0.366. The summed E-state index contributed by atoms with van der Waals surface area (Å²) in [4.78, 5) is 10.7. The lowest BCUT2D eigenvalue weighted by Crippen LogP contribution is -2.36. The van der Waals surface area contributed by atoms with E-state index in [4.69, 9.17) is 9.84 Å². The van der Waals surface area contributed by atoms with Gasteiger partial charge in [0.1, 0.15) is 0 Å². The summed E-state index contributed by atoms with van der Waals surface area (Å²) in [7, 11) is 0. The topological polar surface area (TPSA) is 66.8 Å². The van der Waals surface area contributed by atoms with Crippen LogP contribution in [0.1, 0.15) is 19.4 Å². The third-order valence-corrected chi connectivity index (χ3v) is 2.74. The molecular formula is C13H18O4. The molecule has 94 valence electrons. The predicted octanol–water partition coefficient (Wildman–Crippen LogP) is 1.67. The molecule has 0 saturated heterocycles. The molecule has 0 aliphatic heterocycles. The molecule has 0 aliphatic carbocycles. The maximum Gasteiger partial charge on any atom is 0.308 e. The van der Waals surface area contributed by atoms with Gasteiger partial charge in [0.05, 0.1) is 24.7 Å². The highest BCUT2D eigenvalue weighted by Crippen LogP contribution is 2.12. The Labute approximate surface area is 101 Å². The molecule has 0 saturated carbocycles. The number of ether oxygens (including phenoxy) is 1. The highest BCUT2D eigenvalue weighted by Gasteiger charge is 2.26. The van der Waals surface area contributed by atoms with Crippen LogP contribution in [-0.2, 0) is 16.1 Å². The fourth-order valence-electron chi connectivity index (χ4n) is 1.45. The lowest BCUT2D eigenvalue weighted by atomic mass is 10.0. The van der Waals surface area contributed by atoms with Crippen molar-refractivity contribution in [1.82, 2.24) is 0 Å². The second-order valence-corrected chi connectivity index (χ2v) is 4.12. The number of aliphatic hydroxyl groups is 1. The molecule has 4 nitrogen and oxygen atoms in total. The number of hydrogen-bond donors (Lipinski definition) is 2. The van der Waals surface area contributed by atoms with Gasteiger partial charge in [0, 0.05) is 0 Å². The fraction of sp³-hybridized carbons (Fsp3) is 0.462. The summed E-state index contributed by atoms with van der Waals surface area (Å²) in [5.41, 5.74) is 0.995. The Kier molecular flexibility index (Phi) is 5.12. The standard InChI is InChI=1S/C13H18O4/c1-9(13(15)16)12(14)10(2)17-8-11-6-4-3-5-7-11/h3-7,9-10,12,14H,8H2,1-2H3,(H,15,16)/t9-,10-,12-/m0/s1. The van der Waals surface area contributed by atoms with Crippen LogP contribution in [0, 0.1) is 5.92 Å². The first-order valence-corrected chi connectivity index (χ1v) is 5.58. The van der Waals surface area contributed by atoms with E-state index in [1.54, 1.807) is 6.92 Å². The van der Waals surface area contributed by atoms with Gasteiger partial charge in [-0.25, -0.2) is 0 Å². The van der Waals surface area contributed by atoms with Crippen molar-refractivity contribution in [2.75, 3.05) is 0 Å². The molecule has 17 heavy (non-hydrogen) atoms. The highest BCUT2D eigenvalue weighted by atomic mass is 16.5. The van der Waals surface area contributed by atoms with Crippen LogP contribution in [0.15, 0.2) is 30.3 Å². The largest absolute Gasteiger partial charge is 0.481 e. The number of rotatable bonds is 6.